The smallest absolute Gasteiger partial charge is 0.282 e. The maximum absolute atomic E-state index is 13.9. The van der Waals surface area contributed by atoms with Crippen LogP contribution < -0.4 is 10.9 Å². The van der Waals surface area contributed by atoms with Gasteiger partial charge in [0.25, 0.3) is 5.56 Å². The van der Waals surface area contributed by atoms with Crippen LogP contribution in [0.4, 0.5) is 10.2 Å². The number of nitrogens with one attached hydrogen (secondary N) is 1. The topological polar surface area (TPSA) is 97.3 Å². The van der Waals surface area contributed by atoms with Crippen LogP contribution in [0.25, 0.3) is 22.3 Å². The molecule has 2 N–H and O–H groups in total. The van der Waals surface area contributed by atoms with Crippen molar-refractivity contribution < 1.29 is 9.50 Å². The Morgan fingerprint density at radius 2 is 1.91 bits per heavy atom. The number of anilines is 1. The molecule has 3 aromatic heterocycles. The Morgan fingerprint density at radius 3 is 2.70 bits per heavy atom. The zero-order chi connectivity index (χ0) is 22.9. The molecular formula is C24H19FN6O2. The molecular weight excluding hydrogens is 423 g/mol. The predicted molar refractivity (Wildman–Crippen MR) is 122 cm³/mol. The lowest BCUT2D eigenvalue weighted by Gasteiger charge is -2.20. The first-order chi connectivity index (χ1) is 16.0. The molecule has 0 aliphatic rings. The maximum Gasteiger partial charge on any atom is 0.282 e. The summed E-state index contributed by atoms with van der Waals surface area (Å²) in [5, 5.41) is 17.8. The van der Waals surface area contributed by atoms with Gasteiger partial charge in [0.05, 0.1) is 11.7 Å². The summed E-state index contributed by atoms with van der Waals surface area (Å²) in [7, 11) is 0. The minimum Gasteiger partial charge on any atom is -0.508 e. The van der Waals surface area contributed by atoms with Crippen LogP contribution in [0.5, 0.6) is 5.75 Å². The molecule has 8 nitrogen and oxygen atoms in total. The van der Waals surface area contributed by atoms with Crippen LogP contribution in [-0.4, -0.2) is 29.3 Å². The molecule has 2 aromatic carbocycles. The van der Waals surface area contributed by atoms with Crippen LogP contribution in [0.3, 0.4) is 0 Å². The third-order valence-corrected chi connectivity index (χ3v) is 5.25. The quantitative estimate of drug-likeness (QED) is 0.428. The molecule has 1 unspecified atom stereocenters. The maximum atomic E-state index is 13.9. The first-order valence-electron chi connectivity index (χ1n) is 10.2. The van der Waals surface area contributed by atoms with Gasteiger partial charge in [0.2, 0.25) is 0 Å². The average molecular weight is 442 g/mol. The molecule has 0 spiro atoms. The molecule has 0 bridgehead atoms. The number of hydrogen-bond acceptors (Lipinski definition) is 6. The van der Waals surface area contributed by atoms with Gasteiger partial charge in [-0.2, -0.15) is 5.10 Å². The second-order valence-corrected chi connectivity index (χ2v) is 7.52. The number of aromatic nitrogens is 5. The molecule has 5 rings (SSSR count). The van der Waals surface area contributed by atoms with Crippen LogP contribution >= 0.6 is 0 Å². The number of phenolic OH excluding ortho intramolecular Hbond substituents is 1. The van der Waals surface area contributed by atoms with Gasteiger partial charge >= 0.3 is 0 Å². The molecule has 1 atom stereocenters. The first kappa shape index (κ1) is 20.4. The van der Waals surface area contributed by atoms with Crippen LogP contribution in [0, 0.1) is 5.82 Å². The summed E-state index contributed by atoms with van der Waals surface area (Å²) in [5.41, 5.74) is 1.84. The van der Waals surface area contributed by atoms with E-state index in [0.717, 1.165) is 6.07 Å². The highest BCUT2D eigenvalue weighted by Crippen LogP contribution is 2.31. The van der Waals surface area contributed by atoms with Gasteiger partial charge in [0.1, 0.15) is 29.2 Å². The lowest BCUT2D eigenvalue weighted by atomic mass is 10.1. The van der Waals surface area contributed by atoms with Gasteiger partial charge in [-0.05, 0) is 48.9 Å². The Bertz CT molecular complexity index is 1490. The van der Waals surface area contributed by atoms with Crippen molar-refractivity contribution >= 4 is 11.3 Å². The number of hydrogen-bond donors (Lipinski definition) is 2. The zero-order valence-electron chi connectivity index (χ0n) is 17.6. The van der Waals surface area contributed by atoms with Crippen molar-refractivity contribution in [1.82, 2.24) is 24.1 Å². The van der Waals surface area contributed by atoms with Gasteiger partial charge in [-0.25, -0.2) is 18.9 Å². The number of rotatable bonds is 5. The fraction of sp³-hybridized carbons (Fsp3) is 0.0833. The van der Waals surface area contributed by atoms with E-state index in [0.29, 0.717) is 34.0 Å². The lowest BCUT2D eigenvalue weighted by molar-refractivity contribution is 0.469. The van der Waals surface area contributed by atoms with E-state index in [1.165, 1.54) is 24.7 Å². The molecule has 0 saturated carbocycles. The highest BCUT2D eigenvalue weighted by atomic mass is 19.1. The number of para-hydroxylation sites is 1. The fourth-order valence-electron chi connectivity index (χ4n) is 3.76. The van der Waals surface area contributed by atoms with Gasteiger partial charge in [-0.15, -0.1) is 0 Å². The van der Waals surface area contributed by atoms with E-state index in [9.17, 15) is 14.3 Å². The lowest BCUT2D eigenvalue weighted by Crippen LogP contribution is -2.29. The highest BCUT2D eigenvalue weighted by molar-refractivity contribution is 5.75. The van der Waals surface area contributed by atoms with Gasteiger partial charge in [-0.3, -0.25) is 9.36 Å². The zero-order valence-corrected chi connectivity index (χ0v) is 17.6. The average Bonchev–Trinajstić information content (AvgIpc) is 3.28. The fourth-order valence-corrected chi connectivity index (χ4v) is 3.76. The summed E-state index contributed by atoms with van der Waals surface area (Å²) in [4.78, 5) is 21.7. The van der Waals surface area contributed by atoms with E-state index >= 15 is 0 Å². The highest BCUT2D eigenvalue weighted by Gasteiger charge is 2.20. The Balaban J connectivity index is 1.62. The number of phenols is 1. The van der Waals surface area contributed by atoms with Crippen LogP contribution in [0.15, 0.2) is 84.2 Å². The van der Waals surface area contributed by atoms with E-state index in [1.54, 1.807) is 27.4 Å². The normalized spacial score (nSPS) is 12.1. The van der Waals surface area contributed by atoms with Crippen molar-refractivity contribution in [2.75, 3.05) is 5.32 Å². The number of halogens is 1. The van der Waals surface area contributed by atoms with Crippen LogP contribution in [0.2, 0.25) is 0 Å². The van der Waals surface area contributed by atoms with Crippen molar-refractivity contribution in [3.8, 4) is 22.6 Å². The van der Waals surface area contributed by atoms with E-state index in [-0.39, 0.29) is 11.3 Å². The van der Waals surface area contributed by atoms with E-state index in [4.69, 9.17) is 0 Å². The molecule has 5 aromatic rings. The third kappa shape index (κ3) is 3.80. The molecule has 0 amide bonds. The Hall–Kier alpha value is -4.53. The van der Waals surface area contributed by atoms with Gasteiger partial charge in [0.15, 0.2) is 5.82 Å². The van der Waals surface area contributed by atoms with Crippen molar-refractivity contribution in [3.63, 3.8) is 0 Å². The number of fused-ring (bicyclic) bond motifs is 1. The molecule has 164 valence electrons. The second-order valence-electron chi connectivity index (χ2n) is 7.52. The Kier molecular flexibility index (Phi) is 5.06. The standard InChI is InChI=1S/C24H19FN6O2/c1-15(28-22-20(13-26-14-27-22)16-10-17(25)12-19(32)11-16)23-29-30-9-5-8-21(30)24(33)31(23)18-6-3-2-4-7-18/h2-15,32H,1H3,(H,26,27,28). The summed E-state index contributed by atoms with van der Waals surface area (Å²) >= 11 is 0. The van der Waals surface area contributed by atoms with Crippen LogP contribution in [0.1, 0.15) is 18.8 Å². The monoisotopic (exact) mass is 442 g/mol. The number of aromatic hydroxyl groups is 1. The molecule has 0 fully saturated rings. The summed E-state index contributed by atoms with van der Waals surface area (Å²) in [6, 6.07) is 16.0. The Morgan fingerprint density at radius 1 is 1.09 bits per heavy atom. The predicted octanol–water partition coefficient (Wildman–Crippen LogP) is 3.96. The largest absolute Gasteiger partial charge is 0.508 e. The van der Waals surface area contributed by atoms with Crippen molar-refractivity contribution in [2.45, 2.75) is 13.0 Å². The molecule has 3 heterocycles. The van der Waals surface area contributed by atoms with Crippen LogP contribution in [-0.2, 0) is 0 Å². The number of nitrogens with zero attached hydrogens (tertiary/aromatic N) is 5. The molecule has 0 saturated heterocycles. The SMILES string of the molecule is CC(Nc1ncncc1-c1cc(O)cc(F)c1)c1nn2cccc2c(=O)n1-c1ccccc1. The summed E-state index contributed by atoms with van der Waals surface area (Å²) < 4.78 is 17.0. The van der Waals surface area contributed by atoms with Crippen molar-refractivity contribution in [3.05, 3.63) is 101 Å². The van der Waals surface area contributed by atoms with Gasteiger partial charge in [-0.1, -0.05) is 18.2 Å². The second kappa shape index (κ2) is 8.19. The molecule has 0 aliphatic heterocycles. The minimum atomic E-state index is -0.578. The molecule has 9 heteroatoms. The molecule has 0 radical (unpaired) electrons. The molecule has 33 heavy (non-hydrogen) atoms. The third-order valence-electron chi connectivity index (χ3n) is 5.25. The van der Waals surface area contributed by atoms with E-state index < -0.39 is 11.9 Å². The van der Waals surface area contributed by atoms with Gasteiger partial charge in [0, 0.05) is 24.0 Å². The molecule has 0 aliphatic carbocycles. The van der Waals surface area contributed by atoms with Crippen molar-refractivity contribution in [2.24, 2.45) is 0 Å². The Labute approximate surface area is 187 Å². The minimum absolute atomic E-state index is 0.203. The summed E-state index contributed by atoms with van der Waals surface area (Å²) in [6.07, 6.45) is 4.61. The first-order valence-corrected chi connectivity index (χ1v) is 10.2. The summed E-state index contributed by atoms with van der Waals surface area (Å²) in [5.74, 6) is 0.0847. The van der Waals surface area contributed by atoms with Gasteiger partial charge < -0.3 is 10.4 Å². The van der Waals surface area contributed by atoms with Crippen molar-refractivity contribution in [1.29, 1.82) is 0 Å². The number of benzene rings is 2. The van der Waals surface area contributed by atoms with E-state index in [1.807, 2.05) is 37.3 Å². The van der Waals surface area contributed by atoms with E-state index in [2.05, 4.69) is 20.4 Å². The summed E-state index contributed by atoms with van der Waals surface area (Å²) in [6.45, 7) is 1.85.